The van der Waals surface area contributed by atoms with Crippen LogP contribution in [0.15, 0.2) is 59.4 Å². The smallest absolute Gasteiger partial charge is 0.275 e. The van der Waals surface area contributed by atoms with Gasteiger partial charge < -0.3 is 10.2 Å². The molecule has 0 amide bonds. The zero-order chi connectivity index (χ0) is 19.1. The van der Waals surface area contributed by atoms with Crippen LogP contribution < -0.4 is 5.56 Å². The van der Waals surface area contributed by atoms with Crippen LogP contribution >= 0.6 is 0 Å². The number of para-hydroxylation sites is 1. The highest BCUT2D eigenvalue weighted by Crippen LogP contribution is 2.43. The normalized spacial score (nSPS) is 24.6. The molecular formula is C22H24N2O3. The number of aromatic amines is 1. The molecule has 5 nitrogen and oxygen atoms in total. The minimum atomic E-state index is -0.743. The first-order chi connectivity index (χ1) is 13.0. The van der Waals surface area contributed by atoms with Gasteiger partial charge in [0.2, 0.25) is 0 Å². The second-order valence-corrected chi connectivity index (χ2v) is 7.49. The van der Waals surface area contributed by atoms with Gasteiger partial charge in [-0.15, -0.1) is 0 Å². The van der Waals surface area contributed by atoms with E-state index in [0.29, 0.717) is 17.7 Å². The van der Waals surface area contributed by atoms with E-state index in [4.69, 9.17) is 0 Å². The second kappa shape index (κ2) is 6.83. The zero-order valence-electron chi connectivity index (χ0n) is 15.5. The quantitative estimate of drug-likeness (QED) is 0.665. The maximum Gasteiger partial charge on any atom is 0.275 e. The van der Waals surface area contributed by atoms with Crippen LogP contribution in [0.3, 0.4) is 0 Å². The Morgan fingerprint density at radius 1 is 0.963 bits per heavy atom. The molecule has 2 aromatic carbocycles. The van der Waals surface area contributed by atoms with Crippen LogP contribution in [0.1, 0.15) is 28.3 Å². The van der Waals surface area contributed by atoms with Crippen molar-refractivity contribution in [3.05, 3.63) is 87.3 Å². The Bertz CT molecular complexity index is 979. The number of aryl methyl sites for hydroxylation is 2. The molecule has 1 aliphatic rings. The van der Waals surface area contributed by atoms with Gasteiger partial charge in [-0.25, -0.2) is 4.68 Å². The molecule has 2 unspecified atom stereocenters. The first-order valence-electron chi connectivity index (χ1n) is 9.26. The van der Waals surface area contributed by atoms with Gasteiger partial charge in [0.05, 0.1) is 17.9 Å². The summed E-state index contributed by atoms with van der Waals surface area (Å²) in [6.45, 7) is 3.84. The number of benzene rings is 2. The van der Waals surface area contributed by atoms with E-state index in [1.807, 2.05) is 68.4 Å². The van der Waals surface area contributed by atoms with E-state index in [1.54, 1.807) is 0 Å². The van der Waals surface area contributed by atoms with Crippen LogP contribution in [0, 0.1) is 19.8 Å². The van der Waals surface area contributed by atoms with Crippen molar-refractivity contribution in [1.82, 2.24) is 9.78 Å². The van der Waals surface area contributed by atoms with E-state index < -0.39 is 18.1 Å². The van der Waals surface area contributed by atoms with E-state index in [9.17, 15) is 15.0 Å². The summed E-state index contributed by atoms with van der Waals surface area (Å²) in [6, 6.07) is 17.4. The van der Waals surface area contributed by atoms with Crippen molar-refractivity contribution >= 4 is 0 Å². The molecule has 1 heterocycles. The highest BCUT2D eigenvalue weighted by molar-refractivity contribution is 5.36. The fraction of sp³-hybridized carbons (Fsp3) is 0.318. The summed E-state index contributed by atoms with van der Waals surface area (Å²) in [7, 11) is 0. The predicted octanol–water partition coefficient (Wildman–Crippen LogP) is 2.46. The van der Waals surface area contributed by atoms with Gasteiger partial charge in [-0.1, -0.05) is 48.0 Å². The summed E-state index contributed by atoms with van der Waals surface area (Å²) in [5, 5.41) is 24.5. The molecule has 4 rings (SSSR count). The number of aromatic nitrogens is 2. The Morgan fingerprint density at radius 2 is 1.59 bits per heavy atom. The average molecular weight is 364 g/mol. The minimum absolute atomic E-state index is 0.212. The van der Waals surface area contributed by atoms with Crippen LogP contribution in [0.25, 0.3) is 5.69 Å². The maximum atomic E-state index is 12.9. The van der Waals surface area contributed by atoms with Crippen molar-refractivity contribution in [2.24, 2.45) is 5.92 Å². The lowest BCUT2D eigenvalue weighted by Gasteiger charge is -2.46. The number of hydrogen-bond acceptors (Lipinski definition) is 3. The molecular weight excluding hydrogens is 340 g/mol. The van der Waals surface area contributed by atoms with E-state index in [-0.39, 0.29) is 11.5 Å². The monoisotopic (exact) mass is 364 g/mol. The van der Waals surface area contributed by atoms with Crippen LogP contribution in [-0.2, 0) is 6.42 Å². The largest absolute Gasteiger partial charge is 0.392 e. The Hall–Kier alpha value is -2.63. The van der Waals surface area contributed by atoms with E-state index >= 15 is 0 Å². The van der Waals surface area contributed by atoms with Crippen molar-refractivity contribution < 1.29 is 10.2 Å². The van der Waals surface area contributed by atoms with E-state index in [2.05, 4.69) is 5.10 Å². The highest BCUT2D eigenvalue weighted by Gasteiger charge is 2.51. The standard InChI is InChI=1S/C22H24N2O3/c1-13-8-10-15(11-9-13)12-17-20(25)19(21(17)26)18-14(2)23-24(22(18)27)16-6-4-3-5-7-16/h3-11,17,19-21,23,25-26H,12H2,1-2H3. The number of aliphatic hydroxyl groups excluding tert-OH is 2. The molecule has 3 aromatic rings. The molecule has 2 atom stereocenters. The number of nitrogens with one attached hydrogen (secondary N) is 1. The zero-order valence-corrected chi connectivity index (χ0v) is 15.5. The van der Waals surface area contributed by atoms with Crippen LogP contribution in [0.4, 0.5) is 0 Å². The van der Waals surface area contributed by atoms with Crippen molar-refractivity contribution in [1.29, 1.82) is 0 Å². The molecule has 5 heteroatoms. The van der Waals surface area contributed by atoms with Crippen molar-refractivity contribution in [3.63, 3.8) is 0 Å². The summed E-state index contributed by atoms with van der Waals surface area (Å²) in [4.78, 5) is 12.9. The second-order valence-electron chi connectivity index (χ2n) is 7.49. The Kier molecular flexibility index (Phi) is 4.50. The number of rotatable bonds is 4. The summed E-state index contributed by atoms with van der Waals surface area (Å²) in [6.07, 6.45) is -0.893. The molecule has 27 heavy (non-hydrogen) atoms. The van der Waals surface area contributed by atoms with Gasteiger partial charge >= 0.3 is 0 Å². The van der Waals surface area contributed by atoms with E-state index in [1.165, 1.54) is 10.2 Å². The van der Waals surface area contributed by atoms with Gasteiger partial charge in [-0.05, 0) is 38.0 Å². The summed E-state index contributed by atoms with van der Waals surface area (Å²) in [5.74, 6) is -0.828. The fourth-order valence-corrected chi connectivity index (χ4v) is 4.08. The SMILES string of the molecule is Cc1ccc(CC2C(O)C(c3c(C)[nH]n(-c4ccccc4)c3=O)C2O)cc1. The van der Waals surface area contributed by atoms with Gasteiger partial charge in [0.15, 0.2) is 0 Å². The summed E-state index contributed by atoms with van der Waals surface area (Å²) < 4.78 is 1.47. The van der Waals surface area contributed by atoms with Gasteiger partial charge in [0, 0.05) is 23.1 Å². The molecule has 1 saturated carbocycles. The first-order valence-corrected chi connectivity index (χ1v) is 9.26. The number of nitrogens with zero attached hydrogens (tertiary/aromatic N) is 1. The Morgan fingerprint density at radius 3 is 2.22 bits per heavy atom. The third-order valence-corrected chi connectivity index (χ3v) is 5.67. The lowest BCUT2D eigenvalue weighted by Crippen LogP contribution is -2.55. The lowest BCUT2D eigenvalue weighted by molar-refractivity contribution is -0.116. The minimum Gasteiger partial charge on any atom is -0.392 e. The summed E-state index contributed by atoms with van der Waals surface area (Å²) in [5.41, 5.74) is 3.93. The van der Waals surface area contributed by atoms with Crippen molar-refractivity contribution in [2.45, 2.75) is 38.4 Å². The molecule has 1 fully saturated rings. The molecule has 0 aliphatic heterocycles. The van der Waals surface area contributed by atoms with Gasteiger partial charge in [-0.3, -0.25) is 9.89 Å². The molecule has 140 valence electrons. The Balaban J connectivity index is 1.59. The number of hydrogen-bond donors (Lipinski definition) is 3. The number of H-pyrrole nitrogens is 1. The van der Waals surface area contributed by atoms with Gasteiger partial charge in [0.1, 0.15) is 0 Å². The highest BCUT2D eigenvalue weighted by atomic mass is 16.3. The van der Waals surface area contributed by atoms with E-state index in [0.717, 1.165) is 11.3 Å². The Labute approximate surface area is 157 Å². The topological polar surface area (TPSA) is 78.2 Å². The fourth-order valence-electron chi connectivity index (χ4n) is 4.08. The predicted molar refractivity (Wildman–Crippen MR) is 104 cm³/mol. The third kappa shape index (κ3) is 3.03. The summed E-state index contributed by atoms with van der Waals surface area (Å²) >= 11 is 0. The average Bonchev–Trinajstić information content (AvgIpc) is 2.97. The van der Waals surface area contributed by atoms with Crippen LogP contribution in [-0.4, -0.2) is 32.2 Å². The molecule has 1 aromatic heterocycles. The van der Waals surface area contributed by atoms with Crippen LogP contribution in [0.5, 0.6) is 0 Å². The third-order valence-electron chi connectivity index (χ3n) is 5.67. The number of aliphatic hydroxyl groups is 2. The van der Waals surface area contributed by atoms with Crippen molar-refractivity contribution in [3.8, 4) is 5.69 Å². The maximum absolute atomic E-state index is 12.9. The van der Waals surface area contributed by atoms with Crippen molar-refractivity contribution in [2.75, 3.05) is 0 Å². The van der Waals surface area contributed by atoms with Gasteiger partial charge in [-0.2, -0.15) is 0 Å². The van der Waals surface area contributed by atoms with Crippen LogP contribution in [0.2, 0.25) is 0 Å². The molecule has 0 spiro atoms. The molecule has 1 aliphatic carbocycles. The molecule has 0 saturated heterocycles. The molecule has 0 bridgehead atoms. The molecule has 0 radical (unpaired) electrons. The first kappa shape index (κ1) is 17.8. The molecule has 3 N–H and O–H groups in total. The lowest BCUT2D eigenvalue weighted by atomic mass is 9.64. The van der Waals surface area contributed by atoms with Gasteiger partial charge in [0.25, 0.3) is 5.56 Å².